The molecule has 0 aromatic rings. The van der Waals surface area contributed by atoms with Crippen molar-refractivity contribution >= 4 is 77.0 Å². The molecule has 13 atom stereocenters. The fourth-order valence-electron chi connectivity index (χ4n) is 12.1. The number of esters is 1. The summed E-state index contributed by atoms with van der Waals surface area (Å²) in [6, 6.07) is -15.5. The normalized spacial score (nSPS) is 25.7. The zero-order chi connectivity index (χ0) is 70.9. The lowest BCUT2D eigenvalue weighted by atomic mass is 10.0. The minimum absolute atomic E-state index is 0.0644. The Morgan fingerprint density at radius 1 is 0.589 bits per heavy atom. The summed E-state index contributed by atoms with van der Waals surface area (Å²) in [5.74, 6) is -15.5. The molecule has 0 bridgehead atoms. The average Bonchev–Trinajstić information content (AvgIpc) is 1.84. The second-order valence-corrected chi connectivity index (χ2v) is 25.8. The Morgan fingerprint density at radius 3 is 1.58 bits per heavy atom. The molecule has 3 fully saturated rings. The van der Waals surface area contributed by atoms with Gasteiger partial charge in [0.2, 0.25) is 53.2 Å². The van der Waals surface area contributed by atoms with E-state index in [1.807, 2.05) is 0 Å². The molecule has 0 radical (unpaired) electrons. The minimum Gasteiger partial charge on any atom is -0.481 e. The summed E-state index contributed by atoms with van der Waals surface area (Å²) in [6.07, 6.45) is 2.92. The fraction of sp³-hybridized carbons (Fsp3) is 0.797. The van der Waals surface area contributed by atoms with Crippen LogP contribution in [0.3, 0.4) is 0 Å². The van der Waals surface area contributed by atoms with E-state index >= 15 is 4.79 Å². The molecular formula is C64H109N11O20. The van der Waals surface area contributed by atoms with Gasteiger partial charge in [0.15, 0.2) is 5.96 Å². The first-order valence-electron chi connectivity index (χ1n) is 34.0. The summed E-state index contributed by atoms with van der Waals surface area (Å²) < 4.78 is 5.87. The average molecular weight is 1350 g/mol. The fourth-order valence-corrected chi connectivity index (χ4v) is 12.1. The predicted octanol–water partition coefficient (Wildman–Crippen LogP) is -0.00180. The first kappa shape index (κ1) is 82.1. The van der Waals surface area contributed by atoms with Crippen LogP contribution in [-0.4, -0.2) is 233 Å². The number of aliphatic hydroxyl groups is 5. The second-order valence-electron chi connectivity index (χ2n) is 25.8. The van der Waals surface area contributed by atoms with E-state index in [9.17, 15) is 88.5 Å². The molecular weight excluding hydrogens is 1240 g/mol. The highest BCUT2D eigenvalue weighted by Crippen LogP contribution is 2.25. The van der Waals surface area contributed by atoms with Crippen LogP contribution in [0.15, 0.2) is 4.99 Å². The van der Waals surface area contributed by atoms with E-state index in [2.05, 4.69) is 52.3 Å². The number of rotatable bonds is 33. The SMILES string of the molecule is CCCCCCCCCCCC1CC(=O)N(C(=O)CC(O)CCCCCCCCCCC(C)C)[C@H]([C@@H](C)O)C(=O)N[C@H](C)C(=O)N2CC[C@H](O)[C@H]2C(=O)N[C@@H](CCCN=C(N)N)C(=O)NC(CC(=O)O)C(=O)N[C@H](CO)C(=O)N2CC[C@H](O)[C@H]2C(=O)N[C@@H](CC(=O)O)C(=O)O1. The number of aliphatic imine (C=N–C) groups is 1. The number of unbranched alkanes of at least 4 members (excludes halogenated alkanes) is 15. The quantitative estimate of drug-likeness (QED) is 0.0178. The maximum atomic E-state index is 15.1. The summed E-state index contributed by atoms with van der Waals surface area (Å²) in [5, 5.41) is 87.2. The number of carboxylic acid groups (broad SMARTS) is 2. The molecule has 16 N–H and O–H groups in total. The van der Waals surface area contributed by atoms with Crippen LogP contribution in [0.4, 0.5) is 0 Å². The Labute approximate surface area is 556 Å². The van der Waals surface area contributed by atoms with Gasteiger partial charge < -0.3 is 88.3 Å². The molecule has 0 aliphatic carbocycles. The lowest BCUT2D eigenvalue weighted by Gasteiger charge is -2.34. The van der Waals surface area contributed by atoms with Crippen LogP contribution < -0.4 is 38.1 Å². The van der Waals surface area contributed by atoms with E-state index in [1.165, 1.54) is 6.92 Å². The van der Waals surface area contributed by atoms with Gasteiger partial charge in [0.25, 0.3) is 0 Å². The Morgan fingerprint density at radius 2 is 1.06 bits per heavy atom. The number of carbonyl (C=O) groups is 12. The summed E-state index contributed by atoms with van der Waals surface area (Å²) in [7, 11) is 0. The van der Waals surface area contributed by atoms with Crippen molar-refractivity contribution in [1.29, 1.82) is 0 Å². The predicted molar refractivity (Wildman–Crippen MR) is 344 cm³/mol. The van der Waals surface area contributed by atoms with Gasteiger partial charge in [-0.25, -0.2) is 4.79 Å². The number of fused-ring (bicyclic) bond motifs is 2. The van der Waals surface area contributed by atoms with Crippen LogP contribution in [0, 0.1) is 5.92 Å². The lowest BCUT2D eigenvalue weighted by molar-refractivity contribution is -0.163. The van der Waals surface area contributed by atoms with E-state index in [-0.39, 0.29) is 64.0 Å². The van der Waals surface area contributed by atoms with Crippen LogP contribution in [-0.2, 0) is 62.3 Å². The molecule has 0 saturated carbocycles. The highest BCUT2D eigenvalue weighted by atomic mass is 16.5. The van der Waals surface area contributed by atoms with E-state index < -0.39 is 189 Å². The third-order valence-corrected chi connectivity index (χ3v) is 17.3. The Hall–Kier alpha value is -7.09. The topological polar surface area (TPSA) is 490 Å². The second kappa shape index (κ2) is 43.2. The van der Waals surface area contributed by atoms with Gasteiger partial charge in [-0.3, -0.25) is 62.6 Å². The molecule has 3 unspecified atom stereocenters. The number of hydrogen-bond donors (Lipinski definition) is 14. The molecule has 3 heterocycles. The van der Waals surface area contributed by atoms with Gasteiger partial charge in [-0.2, -0.15) is 0 Å². The molecule has 3 saturated heterocycles. The van der Waals surface area contributed by atoms with Gasteiger partial charge in [-0.15, -0.1) is 0 Å². The van der Waals surface area contributed by atoms with Crippen molar-refractivity contribution in [1.82, 2.24) is 41.3 Å². The number of guanidine groups is 1. The number of aliphatic carboxylic acids is 2. The zero-order valence-electron chi connectivity index (χ0n) is 56.1. The van der Waals surface area contributed by atoms with Crippen molar-refractivity contribution in [2.75, 3.05) is 26.2 Å². The highest BCUT2D eigenvalue weighted by Gasteiger charge is 2.48. The third-order valence-electron chi connectivity index (χ3n) is 17.3. The monoisotopic (exact) mass is 1350 g/mol. The zero-order valence-corrected chi connectivity index (χ0v) is 56.1. The number of nitrogens with one attached hydrogen (secondary N) is 5. The number of amides is 9. The van der Waals surface area contributed by atoms with E-state index in [0.29, 0.717) is 41.4 Å². The van der Waals surface area contributed by atoms with Gasteiger partial charge >= 0.3 is 17.9 Å². The lowest BCUT2D eigenvalue weighted by Crippen LogP contribution is -2.62. The highest BCUT2D eigenvalue weighted by molar-refractivity contribution is 6.03. The van der Waals surface area contributed by atoms with E-state index in [0.717, 1.165) is 95.3 Å². The number of carbonyl (C=O) groups excluding carboxylic acids is 10. The number of imide groups is 1. The molecule has 3 aliphatic heterocycles. The maximum Gasteiger partial charge on any atom is 0.329 e. The van der Waals surface area contributed by atoms with Crippen molar-refractivity contribution in [3.05, 3.63) is 0 Å². The van der Waals surface area contributed by atoms with Crippen molar-refractivity contribution in [2.24, 2.45) is 22.4 Å². The number of carboxylic acids is 2. The standard InChI is InChI=1S/C64H109N11O20/c1-6-7-8-9-10-11-16-19-22-26-42-34-50(82)75(49(81)33-41(78)25-21-18-15-13-12-14-17-20-24-38(2)3)53(40(5)77)58(89)68-39(4)61(92)73-31-28-47(79)54(73)59(90)69-43(27-23-30-67-64(65)66)56(87)70-44(35-51(83)84)57(88)72-46(37-76)62(93)74-32-29-48(80)55(74)60(91)71-45(36-52(85)86)63(94)95-42/h38-48,53-55,76-80H,6-37H2,1-5H3,(H,68,89)(H,69,90)(H,70,87)(H,71,91)(H,72,88)(H,83,84)(H,85,86)(H4,65,66,67)/t39-,40-,41?,42?,43+,44?,45+,46-,47+,48+,53-,54+,55+/m1/s1. The number of nitrogens with two attached hydrogens (primary N) is 2. The number of nitrogens with zero attached hydrogens (tertiary/aromatic N) is 4. The summed E-state index contributed by atoms with van der Waals surface area (Å²) in [6.45, 7) is 6.59. The first-order chi connectivity index (χ1) is 45.0. The van der Waals surface area contributed by atoms with Crippen molar-refractivity contribution < 1.29 is 98.0 Å². The van der Waals surface area contributed by atoms with Crippen LogP contribution in [0.2, 0.25) is 0 Å². The molecule has 95 heavy (non-hydrogen) atoms. The van der Waals surface area contributed by atoms with E-state index in [4.69, 9.17) is 16.2 Å². The molecule has 31 heteroatoms. The van der Waals surface area contributed by atoms with Crippen molar-refractivity contribution in [2.45, 2.75) is 293 Å². The van der Waals surface area contributed by atoms with E-state index in [1.54, 1.807) is 0 Å². The molecule has 31 nitrogen and oxygen atoms in total. The van der Waals surface area contributed by atoms with Crippen LogP contribution in [0.25, 0.3) is 0 Å². The molecule has 540 valence electrons. The number of cyclic esters (lactones) is 1. The smallest absolute Gasteiger partial charge is 0.329 e. The maximum absolute atomic E-state index is 15.1. The molecule has 0 aromatic heterocycles. The number of hydrogen-bond acceptors (Lipinski definition) is 19. The van der Waals surface area contributed by atoms with Crippen molar-refractivity contribution in [3.63, 3.8) is 0 Å². The number of aliphatic hydroxyl groups excluding tert-OH is 5. The summed E-state index contributed by atoms with van der Waals surface area (Å²) in [4.78, 5) is 175. The molecule has 0 aromatic carbocycles. The van der Waals surface area contributed by atoms with Crippen LogP contribution in [0.5, 0.6) is 0 Å². The van der Waals surface area contributed by atoms with Gasteiger partial charge in [0.1, 0.15) is 54.4 Å². The molecule has 3 aliphatic rings. The third kappa shape index (κ3) is 28.6. The van der Waals surface area contributed by atoms with Gasteiger partial charge in [-0.05, 0) is 64.7 Å². The van der Waals surface area contributed by atoms with Crippen LogP contribution in [0.1, 0.15) is 214 Å². The number of ether oxygens (including phenoxy) is 1. The first-order valence-corrected chi connectivity index (χ1v) is 34.0. The largest absolute Gasteiger partial charge is 0.481 e. The van der Waals surface area contributed by atoms with Gasteiger partial charge in [0, 0.05) is 19.6 Å². The molecule has 3 rings (SSSR count). The van der Waals surface area contributed by atoms with Gasteiger partial charge in [0.05, 0.1) is 56.7 Å². The summed E-state index contributed by atoms with van der Waals surface area (Å²) in [5.41, 5.74) is 11.0. The molecule has 0 spiro atoms. The summed E-state index contributed by atoms with van der Waals surface area (Å²) >= 11 is 0. The van der Waals surface area contributed by atoms with Crippen molar-refractivity contribution in [3.8, 4) is 0 Å². The minimum atomic E-state index is -2.17. The Bertz CT molecular complexity index is 2560. The Kier molecular flexibility index (Phi) is 37.3. The molecule has 9 amide bonds. The Balaban J connectivity index is 2.22. The van der Waals surface area contributed by atoms with Crippen LogP contribution >= 0.6 is 0 Å². The van der Waals surface area contributed by atoms with Gasteiger partial charge in [-0.1, -0.05) is 130 Å².